The van der Waals surface area contributed by atoms with Gasteiger partial charge in [-0.05, 0) is 38.5 Å². The predicted molar refractivity (Wildman–Crippen MR) is 157 cm³/mol. The van der Waals surface area contributed by atoms with E-state index in [0.29, 0.717) is 12.8 Å². The second-order valence-corrected chi connectivity index (χ2v) is 11.1. The van der Waals surface area contributed by atoms with Crippen LogP contribution in [-0.2, 0) is 19.1 Å². The fraction of sp³-hybridized carbons (Fsp3) is 0.906. The Morgan fingerprint density at radius 1 is 0.579 bits per heavy atom. The second-order valence-electron chi connectivity index (χ2n) is 11.1. The molecule has 224 valence electrons. The Kier molecular flexibility index (Phi) is 27.2. The summed E-state index contributed by atoms with van der Waals surface area (Å²) in [6.45, 7) is 4.15. The number of carboxylic acid groups (broad SMARTS) is 1. The average Bonchev–Trinajstić information content (AvgIpc) is 2.89. The zero-order valence-electron chi connectivity index (χ0n) is 25.0. The Hall–Kier alpha value is -1.59. The third-order valence-corrected chi connectivity index (χ3v) is 7.28. The molecule has 0 spiro atoms. The summed E-state index contributed by atoms with van der Waals surface area (Å²) in [5.41, 5.74) is 0. The maximum atomic E-state index is 12.5. The van der Waals surface area contributed by atoms with Gasteiger partial charge in [-0.3, -0.25) is 14.4 Å². The molecule has 0 bridgehead atoms. The van der Waals surface area contributed by atoms with Gasteiger partial charge in [-0.1, -0.05) is 123 Å². The molecule has 1 unspecified atom stereocenters. The summed E-state index contributed by atoms with van der Waals surface area (Å²) in [6, 6.07) is 0. The maximum absolute atomic E-state index is 12.5. The number of aliphatic carboxylic acids is 1. The van der Waals surface area contributed by atoms with Gasteiger partial charge in [0.2, 0.25) is 5.91 Å². The zero-order chi connectivity index (χ0) is 28.1. The van der Waals surface area contributed by atoms with E-state index in [1.165, 1.54) is 89.9 Å². The minimum absolute atomic E-state index is 0.0141. The van der Waals surface area contributed by atoms with Gasteiger partial charge in [-0.2, -0.15) is 0 Å². The van der Waals surface area contributed by atoms with Crippen LogP contribution >= 0.6 is 0 Å². The minimum atomic E-state index is -1.02. The molecule has 1 amide bonds. The van der Waals surface area contributed by atoms with Crippen molar-refractivity contribution in [3.05, 3.63) is 0 Å². The third-order valence-electron chi connectivity index (χ3n) is 7.28. The van der Waals surface area contributed by atoms with Gasteiger partial charge in [-0.15, -0.1) is 0 Å². The van der Waals surface area contributed by atoms with Gasteiger partial charge in [-0.25, -0.2) is 0 Å². The van der Waals surface area contributed by atoms with Crippen LogP contribution in [0.25, 0.3) is 0 Å². The Morgan fingerprint density at radius 2 is 0.974 bits per heavy atom. The first kappa shape index (κ1) is 36.4. The van der Waals surface area contributed by atoms with Crippen LogP contribution in [0.3, 0.4) is 0 Å². The van der Waals surface area contributed by atoms with Crippen molar-refractivity contribution < 1.29 is 24.2 Å². The molecule has 0 aliphatic rings. The third kappa shape index (κ3) is 27.4. The molecule has 38 heavy (non-hydrogen) atoms. The number of esters is 1. The fourth-order valence-corrected chi connectivity index (χ4v) is 4.87. The van der Waals surface area contributed by atoms with Gasteiger partial charge in [0.05, 0.1) is 0 Å². The molecule has 0 aromatic heterocycles. The highest BCUT2D eigenvalue weighted by molar-refractivity contribution is 5.80. The van der Waals surface area contributed by atoms with Gasteiger partial charge in [0, 0.05) is 12.8 Å². The van der Waals surface area contributed by atoms with Crippen LogP contribution in [0, 0.1) is 0 Å². The summed E-state index contributed by atoms with van der Waals surface area (Å²) in [6.07, 6.45) is 28.0. The van der Waals surface area contributed by atoms with Crippen LogP contribution in [-0.4, -0.2) is 35.6 Å². The van der Waals surface area contributed by atoms with Crippen molar-refractivity contribution in [3.63, 3.8) is 0 Å². The number of unbranched alkanes of at least 4 members (excludes halogenated alkanes) is 18. The van der Waals surface area contributed by atoms with Crippen molar-refractivity contribution in [2.45, 2.75) is 180 Å². The lowest BCUT2D eigenvalue weighted by Gasteiger charge is -2.18. The summed E-state index contributed by atoms with van der Waals surface area (Å²) in [5.74, 6) is -1.26. The summed E-state index contributed by atoms with van der Waals surface area (Å²) < 4.78 is 5.88. The van der Waals surface area contributed by atoms with Gasteiger partial charge >= 0.3 is 11.9 Å². The van der Waals surface area contributed by atoms with Gasteiger partial charge < -0.3 is 15.2 Å². The highest BCUT2D eigenvalue weighted by atomic mass is 16.5. The molecule has 0 aliphatic heterocycles. The van der Waals surface area contributed by atoms with E-state index >= 15 is 0 Å². The second kappa shape index (κ2) is 28.4. The van der Waals surface area contributed by atoms with Crippen molar-refractivity contribution in [2.24, 2.45) is 0 Å². The first-order chi connectivity index (χ1) is 18.5. The van der Waals surface area contributed by atoms with Crippen LogP contribution in [0.2, 0.25) is 0 Å². The number of carbonyl (C=O) groups excluding carboxylic acids is 2. The first-order valence-corrected chi connectivity index (χ1v) is 16.2. The zero-order valence-corrected chi connectivity index (χ0v) is 25.0. The number of carboxylic acids is 1. The number of rotatable bonds is 29. The lowest BCUT2D eigenvalue weighted by molar-refractivity contribution is -0.150. The van der Waals surface area contributed by atoms with Gasteiger partial charge in [0.15, 0.2) is 0 Å². The Labute approximate surface area is 234 Å². The molecular weight excluding hydrogens is 478 g/mol. The quantitative estimate of drug-likeness (QED) is 0.0731. The lowest BCUT2D eigenvalue weighted by atomic mass is 10.0. The van der Waals surface area contributed by atoms with Crippen molar-refractivity contribution >= 4 is 17.8 Å². The van der Waals surface area contributed by atoms with E-state index in [0.717, 1.165) is 57.8 Å². The highest BCUT2D eigenvalue weighted by Gasteiger charge is 2.14. The molecule has 0 aliphatic carbocycles. The average molecular weight is 540 g/mol. The van der Waals surface area contributed by atoms with Crippen molar-refractivity contribution in [2.75, 3.05) is 6.54 Å². The Bertz CT molecular complexity index is 566. The number of ether oxygens (including phenoxy) is 1. The van der Waals surface area contributed by atoms with E-state index in [2.05, 4.69) is 19.2 Å². The molecule has 0 radical (unpaired) electrons. The fourth-order valence-electron chi connectivity index (χ4n) is 4.87. The van der Waals surface area contributed by atoms with Crippen molar-refractivity contribution in [1.82, 2.24) is 5.32 Å². The largest absolute Gasteiger partial charge is 0.480 e. The van der Waals surface area contributed by atoms with E-state index in [-0.39, 0.29) is 24.5 Å². The molecule has 1 atom stereocenters. The molecule has 0 heterocycles. The van der Waals surface area contributed by atoms with E-state index in [4.69, 9.17) is 9.84 Å². The monoisotopic (exact) mass is 539 g/mol. The normalized spacial score (nSPS) is 11.8. The smallest absolute Gasteiger partial charge is 0.322 e. The van der Waals surface area contributed by atoms with E-state index in [1.54, 1.807) is 0 Å². The van der Waals surface area contributed by atoms with Gasteiger partial charge in [0.1, 0.15) is 12.6 Å². The maximum Gasteiger partial charge on any atom is 0.322 e. The van der Waals surface area contributed by atoms with Crippen LogP contribution in [0.5, 0.6) is 0 Å². The number of amides is 1. The van der Waals surface area contributed by atoms with Gasteiger partial charge in [0.25, 0.3) is 0 Å². The molecule has 0 rings (SSSR count). The minimum Gasteiger partial charge on any atom is -0.480 e. The molecule has 0 saturated heterocycles. The summed E-state index contributed by atoms with van der Waals surface area (Å²) in [4.78, 5) is 34.5. The van der Waals surface area contributed by atoms with Crippen LogP contribution in [0.1, 0.15) is 174 Å². The number of hydrogen-bond donors (Lipinski definition) is 2. The first-order valence-electron chi connectivity index (χ1n) is 16.2. The summed E-state index contributed by atoms with van der Waals surface area (Å²) in [7, 11) is 0. The number of hydrogen-bond acceptors (Lipinski definition) is 4. The van der Waals surface area contributed by atoms with E-state index in [9.17, 15) is 14.4 Å². The summed E-state index contributed by atoms with van der Waals surface area (Å²) >= 11 is 0. The van der Waals surface area contributed by atoms with E-state index in [1.807, 2.05) is 0 Å². The molecule has 6 nitrogen and oxygen atoms in total. The number of carbonyl (C=O) groups is 3. The highest BCUT2D eigenvalue weighted by Crippen LogP contribution is 2.18. The Balaban J connectivity index is 3.90. The van der Waals surface area contributed by atoms with Crippen LogP contribution < -0.4 is 5.32 Å². The molecule has 2 N–H and O–H groups in total. The topological polar surface area (TPSA) is 92.7 Å². The standard InChI is InChI=1S/C32H61NO5/c1-3-5-7-9-10-11-12-13-14-15-16-17-23-27-32(37)38-29(24-20-8-6-4-2)25-21-18-19-22-26-30(34)33-28-31(35)36/h29H,3-28H2,1-2H3,(H,33,34)(H,35,36). The molecule has 6 heteroatoms. The van der Waals surface area contributed by atoms with Crippen LogP contribution in [0.15, 0.2) is 0 Å². The summed E-state index contributed by atoms with van der Waals surface area (Å²) in [5, 5.41) is 11.0. The lowest BCUT2D eigenvalue weighted by Crippen LogP contribution is -2.28. The molecule has 0 saturated carbocycles. The van der Waals surface area contributed by atoms with Crippen LogP contribution in [0.4, 0.5) is 0 Å². The number of nitrogens with one attached hydrogen (secondary N) is 1. The van der Waals surface area contributed by atoms with Crippen molar-refractivity contribution in [3.8, 4) is 0 Å². The van der Waals surface area contributed by atoms with Crippen molar-refractivity contribution in [1.29, 1.82) is 0 Å². The molecular formula is C32H61NO5. The molecule has 0 aromatic carbocycles. The Morgan fingerprint density at radius 3 is 1.45 bits per heavy atom. The molecule has 0 aromatic rings. The molecule has 0 fully saturated rings. The van der Waals surface area contributed by atoms with E-state index < -0.39 is 5.97 Å². The predicted octanol–water partition coefficient (Wildman–Crippen LogP) is 8.89. The SMILES string of the molecule is CCCCCCCCCCCCCCCC(=O)OC(CCCCCC)CCCCCCC(=O)NCC(=O)O.